The van der Waals surface area contributed by atoms with Crippen molar-refractivity contribution in [3.05, 3.63) is 16.7 Å². The van der Waals surface area contributed by atoms with Crippen LogP contribution in [0, 0.1) is 11.3 Å². The number of hydrogen-bond acceptors (Lipinski definition) is 5. The van der Waals surface area contributed by atoms with Gasteiger partial charge in [-0.15, -0.1) is 0 Å². The first-order valence-electron chi connectivity index (χ1n) is 6.75. The molecule has 1 fully saturated rings. The molecule has 0 spiro atoms. The van der Waals surface area contributed by atoms with E-state index in [4.69, 9.17) is 5.73 Å². The van der Waals surface area contributed by atoms with Gasteiger partial charge in [0.05, 0.1) is 11.7 Å². The lowest BCUT2D eigenvalue weighted by atomic mass is 9.71. The van der Waals surface area contributed by atoms with Crippen molar-refractivity contribution in [1.82, 2.24) is 9.97 Å². The molecule has 0 radical (unpaired) electrons. The Morgan fingerprint density at radius 3 is 2.85 bits per heavy atom. The number of aliphatic carboxylic acids is 1. The monoisotopic (exact) mass is 280 g/mol. The topological polar surface area (TPSA) is 121 Å². The van der Waals surface area contributed by atoms with Crippen LogP contribution in [0.2, 0.25) is 0 Å². The van der Waals surface area contributed by atoms with Crippen LogP contribution in [0.15, 0.2) is 11.1 Å². The predicted molar refractivity (Wildman–Crippen MR) is 75.5 cm³/mol. The third kappa shape index (κ3) is 2.76. The molecular formula is C13H20N4O3. The summed E-state index contributed by atoms with van der Waals surface area (Å²) >= 11 is 0. The van der Waals surface area contributed by atoms with Gasteiger partial charge in [-0.2, -0.15) is 0 Å². The number of nitrogens with zero attached hydrogens (tertiary/aromatic N) is 1. The lowest BCUT2D eigenvalue weighted by Crippen LogP contribution is -2.41. The molecule has 7 heteroatoms. The van der Waals surface area contributed by atoms with Crippen LogP contribution in [0.4, 0.5) is 11.5 Å². The summed E-state index contributed by atoms with van der Waals surface area (Å²) in [5, 5.41) is 12.4. The van der Waals surface area contributed by atoms with Crippen LogP contribution < -0.4 is 16.6 Å². The van der Waals surface area contributed by atoms with E-state index in [1.165, 1.54) is 6.33 Å². The minimum Gasteiger partial charge on any atom is -0.481 e. The SMILES string of the molecule is CC1CCC(CNc2nc[nH]c(=O)c2N)(C(=O)O)CC1. The Morgan fingerprint density at radius 2 is 2.25 bits per heavy atom. The Balaban J connectivity index is 2.12. The average Bonchev–Trinajstić information content (AvgIpc) is 2.42. The maximum Gasteiger partial charge on any atom is 0.311 e. The van der Waals surface area contributed by atoms with Crippen molar-refractivity contribution < 1.29 is 9.90 Å². The number of nitrogen functional groups attached to an aromatic ring is 1. The number of hydrogen-bond donors (Lipinski definition) is 4. The molecule has 0 bridgehead atoms. The number of nitrogens with two attached hydrogens (primary N) is 1. The third-order valence-electron chi connectivity index (χ3n) is 4.17. The van der Waals surface area contributed by atoms with Crippen molar-refractivity contribution in [3.63, 3.8) is 0 Å². The molecule has 0 amide bonds. The lowest BCUT2D eigenvalue weighted by Gasteiger charge is -2.36. The van der Waals surface area contributed by atoms with Gasteiger partial charge in [0.2, 0.25) is 0 Å². The molecule has 1 aromatic rings. The first-order valence-corrected chi connectivity index (χ1v) is 6.75. The first-order chi connectivity index (χ1) is 9.44. The van der Waals surface area contributed by atoms with E-state index in [2.05, 4.69) is 22.2 Å². The second-order valence-electron chi connectivity index (χ2n) is 5.62. The van der Waals surface area contributed by atoms with E-state index in [1.807, 2.05) is 0 Å². The molecule has 0 unspecified atom stereocenters. The van der Waals surface area contributed by atoms with Crippen LogP contribution in [0.1, 0.15) is 32.6 Å². The van der Waals surface area contributed by atoms with E-state index in [0.717, 1.165) is 12.8 Å². The van der Waals surface area contributed by atoms with E-state index in [0.29, 0.717) is 18.8 Å². The molecule has 0 aliphatic heterocycles. The molecular weight excluding hydrogens is 260 g/mol. The summed E-state index contributed by atoms with van der Waals surface area (Å²) in [4.78, 5) is 29.3. The molecule has 1 heterocycles. The van der Waals surface area contributed by atoms with Gasteiger partial charge in [0.15, 0.2) is 5.82 Å². The summed E-state index contributed by atoms with van der Waals surface area (Å²) in [7, 11) is 0. The number of aromatic amines is 1. The fourth-order valence-corrected chi connectivity index (χ4v) is 2.59. The molecule has 7 nitrogen and oxygen atoms in total. The zero-order valence-electron chi connectivity index (χ0n) is 11.5. The quantitative estimate of drug-likeness (QED) is 0.654. The third-order valence-corrected chi connectivity index (χ3v) is 4.17. The number of H-pyrrole nitrogens is 1. The van der Waals surface area contributed by atoms with Crippen LogP contribution >= 0.6 is 0 Å². The maximum atomic E-state index is 11.6. The van der Waals surface area contributed by atoms with E-state index in [-0.39, 0.29) is 18.1 Å². The second kappa shape index (κ2) is 5.52. The number of carboxylic acid groups (broad SMARTS) is 1. The average molecular weight is 280 g/mol. The summed E-state index contributed by atoms with van der Waals surface area (Å²) in [6, 6.07) is 0. The minimum absolute atomic E-state index is 0.0165. The molecule has 0 saturated heterocycles. The van der Waals surface area contributed by atoms with Crippen molar-refractivity contribution in [2.75, 3.05) is 17.6 Å². The Bertz CT molecular complexity index is 547. The van der Waals surface area contributed by atoms with Crippen molar-refractivity contribution in [2.24, 2.45) is 11.3 Å². The molecule has 5 N–H and O–H groups in total. The fraction of sp³-hybridized carbons (Fsp3) is 0.615. The number of nitrogens with one attached hydrogen (secondary N) is 2. The summed E-state index contributed by atoms with van der Waals surface area (Å²) in [6.45, 7) is 2.37. The van der Waals surface area contributed by atoms with Gasteiger partial charge >= 0.3 is 5.97 Å². The second-order valence-corrected chi connectivity index (χ2v) is 5.62. The van der Waals surface area contributed by atoms with Gasteiger partial charge in [0.1, 0.15) is 5.69 Å². The highest BCUT2D eigenvalue weighted by atomic mass is 16.4. The number of carbonyl (C=O) groups is 1. The van der Waals surface area contributed by atoms with E-state index < -0.39 is 16.9 Å². The molecule has 1 aliphatic carbocycles. The van der Waals surface area contributed by atoms with E-state index >= 15 is 0 Å². The van der Waals surface area contributed by atoms with Crippen LogP contribution in [0.3, 0.4) is 0 Å². The van der Waals surface area contributed by atoms with Crippen molar-refractivity contribution in [2.45, 2.75) is 32.6 Å². The predicted octanol–water partition coefficient (Wildman–Crippen LogP) is 1.05. The standard InChI is InChI=1S/C13H20N4O3/c1-8-2-4-13(5-3-8,12(19)20)6-15-10-9(14)11(18)17-7-16-10/h7-8H,2-6,14H2,1H3,(H,19,20)(H2,15,16,17,18). The van der Waals surface area contributed by atoms with Gasteiger partial charge in [-0.25, -0.2) is 4.98 Å². The molecule has 2 rings (SSSR count). The molecule has 0 atom stereocenters. The van der Waals surface area contributed by atoms with E-state index in [9.17, 15) is 14.7 Å². The van der Waals surface area contributed by atoms with Gasteiger partial charge in [0.25, 0.3) is 5.56 Å². The largest absolute Gasteiger partial charge is 0.481 e. The summed E-state index contributed by atoms with van der Waals surface area (Å²) in [5.74, 6) is -0.00134. The number of rotatable bonds is 4. The lowest BCUT2D eigenvalue weighted by molar-refractivity contribution is -0.150. The molecule has 0 aromatic carbocycles. The molecule has 1 aliphatic rings. The number of carboxylic acids is 1. The zero-order valence-corrected chi connectivity index (χ0v) is 11.5. The fourth-order valence-electron chi connectivity index (χ4n) is 2.59. The molecule has 1 saturated carbocycles. The Morgan fingerprint density at radius 1 is 1.60 bits per heavy atom. The Hall–Kier alpha value is -2.05. The van der Waals surface area contributed by atoms with Crippen molar-refractivity contribution >= 4 is 17.5 Å². The zero-order chi connectivity index (χ0) is 14.8. The van der Waals surface area contributed by atoms with Crippen LogP contribution in [-0.4, -0.2) is 27.6 Å². The highest BCUT2D eigenvalue weighted by molar-refractivity contribution is 5.76. The summed E-state index contributed by atoms with van der Waals surface area (Å²) < 4.78 is 0. The van der Waals surface area contributed by atoms with Gasteiger partial charge in [0, 0.05) is 6.54 Å². The maximum absolute atomic E-state index is 11.6. The highest BCUT2D eigenvalue weighted by Gasteiger charge is 2.41. The van der Waals surface area contributed by atoms with Gasteiger partial charge in [-0.05, 0) is 31.6 Å². The smallest absolute Gasteiger partial charge is 0.311 e. The Labute approximate surface area is 116 Å². The number of aromatic nitrogens is 2. The van der Waals surface area contributed by atoms with Crippen LogP contribution in [-0.2, 0) is 4.79 Å². The minimum atomic E-state index is -0.805. The van der Waals surface area contributed by atoms with Gasteiger partial charge in [-0.3, -0.25) is 9.59 Å². The first kappa shape index (κ1) is 14.4. The Kier molecular flexibility index (Phi) is 3.96. The summed E-state index contributed by atoms with van der Waals surface area (Å²) in [6.07, 6.45) is 4.29. The van der Waals surface area contributed by atoms with Crippen LogP contribution in [0.25, 0.3) is 0 Å². The highest BCUT2D eigenvalue weighted by Crippen LogP contribution is 2.39. The number of anilines is 2. The molecule has 1 aromatic heterocycles. The van der Waals surface area contributed by atoms with Crippen LogP contribution in [0.5, 0.6) is 0 Å². The van der Waals surface area contributed by atoms with Gasteiger partial charge < -0.3 is 21.1 Å². The van der Waals surface area contributed by atoms with Crippen molar-refractivity contribution in [3.8, 4) is 0 Å². The normalized spacial score (nSPS) is 26.1. The molecule has 110 valence electrons. The van der Waals surface area contributed by atoms with E-state index in [1.54, 1.807) is 0 Å². The van der Waals surface area contributed by atoms with Crippen molar-refractivity contribution in [1.29, 1.82) is 0 Å². The molecule has 20 heavy (non-hydrogen) atoms. The van der Waals surface area contributed by atoms with Gasteiger partial charge in [-0.1, -0.05) is 6.92 Å². The summed E-state index contributed by atoms with van der Waals surface area (Å²) in [5.41, 5.74) is 4.38.